The van der Waals surface area contributed by atoms with Gasteiger partial charge in [0.15, 0.2) is 0 Å². The van der Waals surface area contributed by atoms with Gasteiger partial charge in [0.2, 0.25) is 6.29 Å². The van der Waals surface area contributed by atoms with Gasteiger partial charge in [-0.2, -0.15) is 0 Å². The molecule has 0 spiro atoms. The third-order valence-corrected chi connectivity index (χ3v) is 2.56. The maximum Gasteiger partial charge on any atom is 0.225 e. The van der Waals surface area contributed by atoms with Gasteiger partial charge in [-0.1, -0.05) is 66.7 Å². The van der Waals surface area contributed by atoms with Gasteiger partial charge in [0.25, 0.3) is 0 Å². The summed E-state index contributed by atoms with van der Waals surface area (Å²) in [6.45, 7) is 0. The zero-order valence-corrected chi connectivity index (χ0v) is 9.91. The minimum Gasteiger partial charge on any atom is -0.286 e. The van der Waals surface area contributed by atoms with E-state index >= 15 is 0 Å². The molecule has 0 atom stereocenters. The van der Waals surface area contributed by atoms with Crippen molar-refractivity contribution in [2.45, 2.75) is 0 Å². The number of hydrogen-bond acceptors (Lipinski definition) is 1. The third-order valence-electron chi connectivity index (χ3n) is 2.56. The number of rotatable bonds is 4. The summed E-state index contributed by atoms with van der Waals surface area (Å²) in [7, 11) is 0. The lowest BCUT2D eigenvalue weighted by Gasteiger charge is -2.02. The lowest BCUT2D eigenvalue weighted by atomic mass is 10.0. The zero-order chi connectivity index (χ0) is 12.6. The van der Waals surface area contributed by atoms with Gasteiger partial charge < -0.3 is 0 Å². The summed E-state index contributed by atoms with van der Waals surface area (Å²) >= 11 is 0. The van der Waals surface area contributed by atoms with Gasteiger partial charge in [-0.25, -0.2) is 0 Å². The van der Waals surface area contributed by atoms with Crippen molar-refractivity contribution in [1.82, 2.24) is 0 Å². The van der Waals surface area contributed by atoms with Gasteiger partial charge >= 0.3 is 0 Å². The van der Waals surface area contributed by atoms with Crippen LogP contribution in [0.3, 0.4) is 0 Å². The molecule has 0 aliphatic carbocycles. The quantitative estimate of drug-likeness (QED) is 0.445. The van der Waals surface area contributed by atoms with Crippen LogP contribution in [0.2, 0.25) is 0 Å². The Morgan fingerprint density at radius 3 is 2.11 bits per heavy atom. The van der Waals surface area contributed by atoms with Crippen LogP contribution in [0, 0.1) is 0 Å². The van der Waals surface area contributed by atoms with Crippen LogP contribution in [0.15, 0.2) is 72.8 Å². The number of benzene rings is 2. The van der Waals surface area contributed by atoms with Crippen LogP contribution >= 0.6 is 0 Å². The van der Waals surface area contributed by atoms with E-state index in [0.717, 1.165) is 16.7 Å². The second kappa shape index (κ2) is 6.36. The Morgan fingerprint density at radius 1 is 0.889 bits per heavy atom. The lowest BCUT2D eigenvalue weighted by Crippen LogP contribution is -1.81. The highest BCUT2D eigenvalue weighted by molar-refractivity contribution is 5.89. The first-order valence-electron chi connectivity index (χ1n) is 5.76. The highest BCUT2D eigenvalue weighted by Crippen LogP contribution is 2.19. The standard InChI is InChI=1S/C17H13O/c18-13-7-12-17(16-10-5-2-6-11-16)14-15-8-3-1-4-9-15/h1-12,14H. The SMILES string of the molecule is O=[C]C=CC(=Cc1ccccc1)c1ccccc1. The Balaban J connectivity index is 2.40. The molecule has 2 rings (SSSR count). The fourth-order valence-corrected chi connectivity index (χ4v) is 1.71. The fraction of sp³-hybridized carbons (Fsp3) is 0. The number of allylic oxidation sites excluding steroid dienone is 3. The minimum absolute atomic E-state index is 0.991. The number of hydrogen-bond donors (Lipinski definition) is 0. The van der Waals surface area contributed by atoms with Gasteiger partial charge in [-0.15, -0.1) is 0 Å². The maximum atomic E-state index is 10.4. The molecule has 0 saturated carbocycles. The Morgan fingerprint density at radius 2 is 1.50 bits per heavy atom. The molecule has 0 N–H and O–H groups in total. The molecule has 0 aliphatic rings. The van der Waals surface area contributed by atoms with Gasteiger partial charge in [0.1, 0.15) is 0 Å². The normalized spacial score (nSPS) is 11.7. The van der Waals surface area contributed by atoms with Crippen molar-refractivity contribution in [2.24, 2.45) is 0 Å². The van der Waals surface area contributed by atoms with Crippen molar-refractivity contribution in [1.29, 1.82) is 0 Å². The van der Waals surface area contributed by atoms with Crippen molar-refractivity contribution < 1.29 is 4.79 Å². The largest absolute Gasteiger partial charge is 0.286 e. The predicted octanol–water partition coefficient (Wildman–Crippen LogP) is 3.89. The Hall–Kier alpha value is -2.41. The van der Waals surface area contributed by atoms with E-state index in [0.29, 0.717) is 0 Å². The third kappa shape index (κ3) is 3.29. The summed E-state index contributed by atoms with van der Waals surface area (Å²) in [5.74, 6) is 0. The van der Waals surface area contributed by atoms with E-state index < -0.39 is 0 Å². The molecule has 18 heavy (non-hydrogen) atoms. The van der Waals surface area contributed by atoms with Crippen LogP contribution in [-0.4, -0.2) is 6.29 Å². The van der Waals surface area contributed by atoms with Gasteiger partial charge in [-0.3, -0.25) is 4.79 Å². The van der Waals surface area contributed by atoms with E-state index in [1.165, 1.54) is 6.08 Å². The van der Waals surface area contributed by atoms with E-state index in [2.05, 4.69) is 0 Å². The van der Waals surface area contributed by atoms with Crippen molar-refractivity contribution in [3.05, 3.63) is 83.9 Å². The Labute approximate surface area is 107 Å². The molecule has 0 fully saturated rings. The summed E-state index contributed by atoms with van der Waals surface area (Å²) in [5, 5.41) is 0. The summed E-state index contributed by atoms with van der Waals surface area (Å²) < 4.78 is 0. The van der Waals surface area contributed by atoms with Crippen LogP contribution in [0.25, 0.3) is 11.6 Å². The first kappa shape index (κ1) is 12.1. The molecule has 1 nitrogen and oxygen atoms in total. The predicted molar refractivity (Wildman–Crippen MR) is 75.6 cm³/mol. The fourth-order valence-electron chi connectivity index (χ4n) is 1.71. The molecule has 87 valence electrons. The molecular weight excluding hydrogens is 220 g/mol. The monoisotopic (exact) mass is 233 g/mol. The summed E-state index contributed by atoms with van der Waals surface area (Å²) in [6, 6.07) is 20.0. The average molecular weight is 233 g/mol. The maximum absolute atomic E-state index is 10.4. The molecule has 0 aromatic heterocycles. The van der Waals surface area contributed by atoms with E-state index in [1.807, 2.05) is 66.7 Å². The molecule has 1 heteroatoms. The molecule has 0 bridgehead atoms. The van der Waals surface area contributed by atoms with Crippen molar-refractivity contribution in [3.63, 3.8) is 0 Å². The van der Waals surface area contributed by atoms with Crippen molar-refractivity contribution >= 4 is 17.9 Å². The minimum atomic E-state index is 0.991. The van der Waals surface area contributed by atoms with Gasteiger partial charge in [-0.05, 0) is 28.9 Å². The molecule has 1 radical (unpaired) electrons. The van der Waals surface area contributed by atoms with Crippen LogP contribution < -0.4 is 0 Å². The Bertz CT molecular complexity index is 551. The summed E-state index contributed by atoms with van der Waals surface area (Å²) in [4.78, 5) is 10.4. The first-order valence-corrected chi connectivity index (χ1v) is 5.76. The Kier molecular flexibility index (Phi) is 4.26. The smallest absolute Gasteiger partial charge is 0.225 e. The summed E-state index contributed by atoms with van der Waals surface area (Å²) in [5.41, 5.74) is 3.17. The molecule has 0 amide bonds. The molecule has 0 heterocycles. The van der Waals surface area contributed by atoms with E-state index in [-0.39, 0.29) is 0 Å². The molecule has 2 aromatic rings. The van der Waals surface area contributed by atoms with Crippen molar-refractivity contribution in [2.75, 3.05) is 0 Å². The molecule has 0 unspecified atom stereocenters. The number of carbonyl (C=O) groups excluding carboxylic acids is 1. The highest BCUT2D eigenvalue weighted by Gasteiger charge is 1.97. The topological polar surface area (TPSA) is 17.1 Å². The first-order chi connectivity index (χ1) is 8.90. The second-order valence-corrected chi connectivity index (χ2v) is 3.83. The van der Waals surface area contributed by atoms with Crippen LogP contribution in [0.4, 0.5) is 0 Å². The highest BCUT2D eigenvalue weighted by atomic mass is 16.1. The van der Waals surface area contributed by atoms with Crippen molar-refractivity contribution in [3.8, 4) is 0 Å². The van der Waals surface area contributed by atoms with Crippen LogP contribution in [0.1, 0.15) is 11.1 Å². The average Bonchev–Trinajstić information content (AvgIpc) is 2.45. The second-order valence-electron chi connectivity index (χ2n) is 3.83. The van der Waals surface area contributed by atoms with E-state index in [9.17, 15) is 4.79 Å². The van der Waals surface area contributed by atoms with E-state index in [4.69, 9.17) is 0 Å². The molecule has 2 aromatic carbocycles. The van der Waals surface area contributed by atoms with Crippen LogP contribution in [0.5, 0.6) is 0 Å². The molecule has 0 saturated heterocycles. The molecular formula is C17H13O. The summed E-state index contributed by atoms with van der Waals surface area (Å²) in [6.07, 6.45) is 6.99. The van der Waals surface area contributed by atoms with Gasteiger partial charge in [0, 0.05) is 0 Å². The lowest BCUT2D eigenvalue weighted by molar-refractivity contribution is 0.564. The van der Waals surface area contributed by atoms with E-state index in [1.54, 1.807) is 12.4 Å². The molecule has 0 aliphatic heterocycles. The van der Waals surface area contributed by atoms with Crippen LogP contribution in [-0.2, 0) is 4.79 Å². The van der Waals surface area contributed by atoms with Gasteiger partial charge in [0.05, 0.1) is 0 Å². The zero-order valence-electron chi connectivity index (χ0n) is 9.91.